The van der Waals surface area contributed by atoms with Crippen molar-refractivity contribution in [3.8, 4) is 0 Å². The lowest BCUT2D eigenvalue weighted by molar-refractivity contribution is 0.104. The van der Waals surface area contributed by atoms with Crippen LogP contribution in [-0.4, -0.2) is 19.2 Å². The molecule has 1 fully saturated rings. The molecule has 0 bridgehead atoms. The Balaban J connectivity index is 2.23. The number of nitrogens with one attached hydrogen (secondary N) is 2. The SMILES string of the molecule is CONC(=O)N[C@@H]1CCC[C@H](C)C1. The molecule has 4 nitrogen and oxygen atoms in total. The fourth-order valence-electron chi connectivity index (χ4n) is 1.87. The summed E-state index contributed by atoms with van der Waals surface area (Å²) in [6, 6.07) is 0.0838. The zero-order valence-corrected chi connectivity index (χ0v) is 8.30. The third kappa shape index (κ3) is 3.63. The molecule has 0 unspecified atom stereocenters. The average Bonchev–Trinajstić information content (AvgIpc) is 2.04. The standard InChI is InChI=1S/C9H18N2O2/c1-7-4-3-5-8(6-7)10-9(12)11-13-2/h7-8H,3-6H2,1-2H3,(H2,10,11,12)/t7-,8+/m0/s1. The highest BCUT2D eigenvalue weighted by Crippen LogP contribution is 2.23. The summed E-state index contributed by atoms with van der Waals surface area (Å²) >= 11 is 0. The van der Waals surface area contributed by atoms with Gasteiger partial charge in [0.1, 0.15) is 0 Å². The molecule has 2 N–H and O–H groups in total. The molecular formula is C9H18N2O2. The number of amides is 2. The van der Waals surface area contributed by atoms with Crippen LogP contribution in [0.15, 0.2) is 0 Å². The molecule has 0 heterocycles. The molecule has 0 aromatic rings. The smallest absolute Gasteiger partial charge is 0.334 e. The van der Waals surface area contributed by atoms with Gasteiger partial charge in [0.05, 0.1) is 7.11 Å². The van der Waals surface area contributed by atoms with Gasteiger partial charge in [0, 0.05) is 6.04 Å². The molecule has 0 radical (unpaired) electrons. The highest BCUT2D eigenvalue weighted by Gasteiger charge is 2.19. The Morgan fingerprint density at radius 3 is 2.85 bits per heavy atom. The first kappa shape index (κ1) is 10.3. The van der Waals surface area contributed by atoms with Crippen molar-refractivity contribution in [3.05, 3.63) is 0 Å². The Bertz CT molecular complexity index is 173. The summed E-state index contributed by atoms with van der Waals surface area (Å²) < 4.78 is 0. The van der Waals surface area contributed by atoms with Crippen LogP contribution in [0, 0.1) is 5.92 Å². The van der Waals surface area contributed by atoms with Gasteiger partial charge in [-0.3, -0.25) is 4.84 Å². The van der Waals surface area contributed by atoms with E-state index in [1.54, 1.807) is 0 Å². The van der Waals surface area contributed by atoms with Crippen LogP contribution in [0.2, 0.25) is 0 Å². The van der Waals surface area contributed by atoms with Gasteiger partial charge >= 0.3 is 6.03 Å². The number of rotatable bonds is 2. The number of hydrogen-bond donors (Lipinski definition) is 2. The topological polar surface area (TPSA) is 50.4 Å². The number of hydrogen-bond acceptors (Lipinski definition) is 2. The Hall–Kier alpha value is -0.770. The van der Waals surface area contributed by atoms with E-state index in [0.29, 0.717) is 6.04 Å². The molecule has 0 saturated heterocycles. The van der Waals surface area contributed by atoms with Crippen molar-refractivity contribution in [2.45, 2.75) is 38.6 Å². The van der Waals surface area contributed by atoms with Crippen LogP contribution in [0.25, 0.3) is 0 Å². The van der Waals surface area contributed by atoms with Crippen LogP contribution >= 0.6 is 0 Å². The van der Waals surface area contributed by atoms with E-state index < -0.39 is 0 Å². The average molecular weight is 186 g/mol. The Kier molecular flexibility index (Phi) is 4.02. The van der Waals surface area contributed by atoms with Gasteiger partial charge < -0.3 is 5.32 Å². The maximum absolute atomic E-state index is 11.1. The zero-order chi connectivity index (χ0) is 9.68. The monoisotopic (exact) mass is 186 g/mol. The summed E-state index contributed by atoms with van der Waals surface area (Å²) in [5.41, 5.74) is 2.26. The molecule has 1 aliphatic rings. The second-order valence-corrected chi connectivity index (χ2v) is 3.75. The molecule has 0 aliphatic heterocycles. The molecule has 76 valence electrons. The summed E-state index contributed by atoms with van der Waals surface area (Å²) in [7, 11) is 1.43. The van der Waals surface area contributed by atoms with Crippen LogP contribution in [0.4, 0.5) is 4.79 Å². The first-order valence-corrected chi connectivity index (χ1v) is 4.82. The van der Waals surface area contributed by atoms with Crippen molar-refractivity contribution in [2.24, 2.45) is 5.92 Å². The van der Waals surface area contributed by atoms with Gasteiger partial charge in [0.25, 0.3) is 0 Å². The number of carbonyl (C=O) groups is 1. The molecule has 2 atom stereocenters. The molecule has 1 rings (SSSR count). The minimum atomic E-state index is -0.235. The second kappa shape index (κ2) is 5.07. The highest BCUT2D eigenvalue weighted by atomic mass is 16.6. The molecule has 0 aromatic heterocycles. The molecule has 2 amide bonds. The van der Waals surface area contributed by atoms with E-state index in [-0.39, 0.29) is 6.03 Å². The van der Waals surface area contributed by atoms with Gasteiger partial charge in [-0.1, -0.05) is 19.8 Å². The van der Waals surface area contributed by atoms with E-state index in [1.165, 1.54) is 20.0 Å². The van der Waals surface area contributed by atoms with Crippen molar-refractivity contribution in [3.63, 3.8) is 0 Å². The van der Waals surface area contributed by atoms with E-state index >= 15 is 0 Å². The quantitative estimate of drug-likeness (QED) is 0.641. The van der Waals surface area contributed by atoms with Gasteiger partial charge in [0.15, 0.2) is 0 Å². The molecule has 0 aromatic carbocycles. The molecule has 1 aliphatic carbocycles. The van der Waals surface area contributed by atoms with E-state index in [2.05, 4.69) is 22.6 Å². The number of carbonyl (C=O) groups excluding carboxylic acids is 1. The van der Waals surface area contributed by atoms with E-state index in [9.17, 15) is 4.79 Å². The summed E-state index contributed by atoms with van der Waals surface area (Å²) in [4.78, 5) is 15.6. The molecular weight excluding hydrogens is 168 g/mol. The van der Waals surface area contributed by atoms with Gasteiger partial charge in [0.2, 0.25) is 0 Å². The van der Waals surface area contributed by atoms with Crippen molar-refractivity contribution in [2.75, 3.05) is 7.11 Å². The van der Waals surface area contributed by atoms with Crippen molar-refractivity contribution >= 4 is 6.03 Å². The van der Waals surface area contributed by atoms with Gasteiger partial charge in [-0.05, 0) is 18.8 Å². The Labute approximate surface area is 79.0 Å². The van der Waals surface area contributed by atoms with E-state index in [4.69, 9.17) is 0 Å². The Morgan fingerprint density at radius 2 is 2.23 bits per heavy atom. The third-order valence-electron chi connectivity index (χ3n) is 2.47. The predicted molar refractivity (Wildman–Crippen MR) is 50.1 cm³/mol. The van der Waals surface area contributed by atoms with Crippen LogP contribution in [0.1, 0.15) is 32.6 Å². The van der Waals surface area contributed by atoms with Crippen LogP contribution in [-0.2, 0) is 4.84 Å². The predicted octanol–water partition coefficient (Wildman–Crippen LogP) is 1.43. The summed E-state index contributed by atoms with van der Waals surface area (Å²) in [5, 5.41) is 2.88. The Morgan fingerprint density at radius 1 is 1.46 bits per heavy atom. The number of hydroxylamine groups is 1. The lowest BCUT2D eigenvalue weighted by Crippen LogP contribution is -2.43. The van der Waals surface area contributed by atoms with Crippen LogP contribution in [0.5, 0.6) is 0 Å². The van der Waals surface area contributed by atoms with Crippen LogP contribution < -0.4 is 10.8 Å². The lowest BCUT2D eigenvalue weighted by Gasteiger charge is -2.27. The minimum absolute atomic E-state index is 0.235. The first-order valence-electron chi connectivity index (χ1n) is 4.82. The highest BCUT2D eigenvalue weighted by molar-refractivity contribution is 5.72. The van der Waals surface area contributed by atoms with E-state index in [1.807, 2.05) is 0 Å². The maximum atomic E-state index is 11.1. The lowest BCUT2D eigenvalue weighted by atomic mass is 9.87. The van der Waals surface area contributed by atoms with E-state index in [0.717, 1.165) is 18.8 Å². The fraction of sp³-hybridized carbons (Fsp3) is 0.889. The maximum Gasteiger partial charge on any atom is 0.338 e. The summed E-state index contributed by atoms with van der Waals surface area (Å²) in [5.74, 6) is 0.724. The van der Waals surface area contributed by atoms with Crippen molar-refractivity contribution in [1.29, 1.82) is 0 Å². The summed E-state index contributed by atoms with van der Waals surface area (Å²) in [6.07, 6.45) is 4.65. The third-order valence-corrected chi connectivity index (χ3v) is 2.47. The zero-order valence-electron chi connectivity index (χ0n) is 8.30. The normalized spacial score (nSPS) is 28.2. The van der Waals surface area contributed by atoms with Crippen LogP contribution in [0.3, 0.4) is 0 Å². The fourth-order valence-corrected chi connectivity index (χ4v) is 1.87. The first-order chi connectivity index (χ1) is 6.22. The largest absolute Gasteiger partial charge is 0.338 e. The molecule has 0 spiro atoms. The molecule has 4 heteroatoms. The van der Waals surface area contributed by atoms with Crippen molar-refractivity contribution < 1.29 is 9.63 Å². The number of urea groups is 1. The molecule has 13 heavy (non-hydrogen) atoms. The van der Waals surface area contributed by atoms with Gasteiger partial charge in [-0.25, -0.2) is 10.3 Å². The minimum Gasteiger partial charge on any atom is -0.334 e. The van der Waals surface area contributed by atoms with Gasteiger partial charge in [-0.2, -0.15) is 0 Å². The molecule has 1 saturated carbocycles. The summed E-state index contributed by atoms with van der Waals surface area (Å²) in [6.45, 7) is 2.22. The van der Waals surface area contributed by atoms with Crippen molar-refractivity contribution in [1.82, 2.24) is 10.8 Å². The van der Waals surface area contributed by atoms with Gasteiger partial charge in [-0.15, -0.1) is 0 Å². The second-order valence-electron chi connectivity index (χ2n) is 3.75.